The van der Waals surface area contributed by atoms with Gasteiger partial charge in [-0.1, -0.05) is 6.07 Å². The van der Waals surface area contributed by atoms with Gasteiger partial charge in [-0.2, -0.15) is 0 Å². The first kappa shape index (κ1) is 10.5. The van der Waals surface area contributed by atoms with E-state index in [1.54, 1.807) is 12.4 Å². The van der Waals surface area contributed by atoms with Crippen LogP contribution in [0.4, 0.5) is 0 Å². The van der Waals surface area contributed by atoms with Gasteiger partial charge >= 0.3 is 0 Å². The maximum absolute atomic E-state index is 5.65. The van der Waals surface area contributed by atoms with Crippen molar-refractivity contribution in [2.45, 2.75) is 6.92 Å². The van der Waals surface area contributed by atoms with Gasteiger partial charge in [-0.05, 0) is 31.2 Å². The molecule has 0 saturated carbocycles. The summed E-state index contributed by atoms with van der Waals surface area (Å²) in [6, 6.07) is 11.2. The molecular weight excluding hydrogens is 202 g/mol. The van der Waals surface area contributed by atoms with Gasteiger partial charge in [0.15, 0.2) is 0 Å². The first-order valence-corrected chi connectivity index (χ1v) is 5.19. The van der Waals surface area contributed by atoms with Crippen LogP contribution in [0.3, 0.4) is 0 Å². The van der Waals surface area contributed by atoms with Gasteiger partial charge in [0.25, 0.3) is 0 Å². The molecule has 0 unspecified atom stereocenters. The lowest BCUT2D eigenvalue weighted by Gasteiger charge is -2.07. The highest BCUT2D eigenvalue weighted by atomic mass is 16.5. The molecule has 82 valence electrons. The zero-order valence-electron chi connectivity index (χ0n) is 9.09. The van der Waals surface area contributed by atoms with Crippen LogP contribution in [0, 0.1) is 0 Å². The average Bonchev–Trinajstić information content (AvgIpc) is 2.31. The third kappa shape index (κ3) is 2.73. The molecule has 0 radical (unpaired) electrons. The number of rotatable bonds is 4. The van der Waals surface area contributed by atoms with E-state index in [1.807, 2.05) is 43.3 Å². The molecule has 0 aliphatic heterocycles. The van der Waals surface area contributed by atoms with Gasteiger partial charge in [0.2, 0.25) is 0 Å². The molecule has 3 nitrogen and oxygen atoms in total. The summed E-state index contributed by atoms with van der Waals surface area (Å²) in [5.74, 6) is 2.34. The second-order valence-electron chi connectivity index (χ2n) is 3.19. The van der Waals surface area contributed by atoms with Crippen LogP contribution in [-0.2, 0) is 0 Å². The molecule has 0 atom stereocenters. The van der Waals surface area contributed by atoms with Gasteiger partial charge in [-0.15, -0.1) is 0 Å². The zero-order chi connectivity index (χ0) is 11.2. The second-order valence-corrected chi connectivity index (χ2v) is 3.19. The molecule has 1 aromatic carbocycles. The smallest absolute Gasteiger partial charge is 0.131 e. The summed E-state index contributed by atoms with van der Waals surface area (Å²) < 4.78 is 11.0. The van der Waals surface area contributed by atoms with Gasteiger partial charge in [0, 0.05) is 18.5 Å². The Kier molecular flexibility index (Phi) is 3.38. The zero-order valence-corrected chi connectivity index (χ0v) is 9.09. The average molecular weight is 215 g/mol. The van der Waals surface area contributed by atoms with Crippen molar-refractivity contribution in [3.05, 3.63) is 48.8 Å². The molecule has 0 saturated heterocycles. The molecule has 0 fully saturated rings. The lowest BCUT2D eigenvalue weighted by atomic mass is 10.3. The predicted molar refractivity (Wildman–Crippen MR) is 61.9 cm³/mol. The first-order valence-electron chi connectivity index (χ1n) is 5.19. The third-order valence-electron chi connectivity index (χ3n) is 2.00. The number of nitrogens with zero attached hydrogens (tertiary/aromatic N) is 1. The Morgan fingerprint density at radius 3 is 2.50 bits per heavy atom. The van der Waals surface area contributed by atoms with Crippen LogP contribution in [0.5, 0.6) is 17.2 Å². The minimum absolute atomic E-state index is 0.651. The number of hydrogen-bond acceptors (Lipinski definition) is 3. The van der Waals surface area contributed by atoms with E-state index >= 15 is 0 Å². The van der Waals surface area contributed by atoms with Crippen molar-refractivity contribution < 1.29 is 9.47 Å². The highest BCUT2D eigenvalue weighted by Gasteiger charge is 1.98. The molecule has 1 heterocycles. The van der Waals surface area contributed by atoms with E-state index in [1.165, 1.54) is 0 Å². The minimum Gasteiger partial charge on any atom is -0.494 e. The SMILES string of the molecule is CCOc1cccc(Oc2ccncc2)c1. The summed E-state index contributed by atoms with van der Waals surface area (Å²) in [6.45, 7) is 2.61. The number of hydrogen-bond donors (Lipinski definition) is 0. The third-order valence-corrected chi connectivity index (χ3v) is 2.00. The fourth-order valence-corrected chi connectivity index (χ4v) is 1.34. The number of ether oxygens (including phenoxy) is 2. The van der Waals surface area contributed by atoms with Crippen LogP contribution in [-0.4, -0.2) is 11.6 Å². The van der Waals surface area contributed by atoms with Gasteiger partial charge in [0.1, 0.15) is 17.2 Å². The number of benzene rings is 1. The van der Waals surface area contributed by atoms with E-state index in [4.69, 9.17) is 9.47 Å². The molecule has 0 spiro atoms. The molecule has 0 aliphatic rings. The summed E-state index contributed by atoms with van der Waals surface area (Å²) in [7, 11) is 0. The Balaban J connectivity index is 2.12. The van der Waals surface area contributed by atoms with Crippen molar-refractivity contribution in [3.8, 4) is 17.2 Å². The van der Waals surface area contributed by atoms with Crippen molar-refractivity contribution in [3.63, 3.8) is 0 Å². The Bertz CT molecular complexity index is 443. The number of pyridine rings is 1. The molecule has 1 aromatic heterocycles. The monoisotopic (exact) mass is 215 g/mol. The molecule has 0 amide bonds. The van der Waals surface area contributed by atoms with Crippen LogP contribution in [0.1, 0.15) is 6.92 Å². The van der Waals surface area contributed by atoms with Crippen molar-refractivity contribution in [1.82, 2.24) is 4.98 Å². The van der Waals surface area contributed by atoms with E-state index in [-0.39, 0.29) is 0 Å². The molecule has 3 heteroatoms. The van der Waals surface area contributed by atoms with Gasteiger partial charge < -0.3 is 9.47 Å². The molecule has 16 heavy (non-hydrogen) atoms. The van der Waals surface area contributed by atoms with Crippen molar-refractivity contribution in [2.75, 3.05) is 6.61 Å². The van der Waals surface area contributed by atoms with Crippen LogP contribution >= 0.6 is 0 Å². The molecule has 0 N–H and O–H groups in total. The summed E-state index contributed by atoms with van der Waals surface area (Å²) >= 11 is 0. The summed E-state index contributed by atoms with van der Waals surface area (Å²) in [5, 5.41) is 0. The van der Waals surface area contributed by atoms with E-state index in [9.17, 15) is 0 Å². The van der Waals surface area contributed by atoms with E-state index in [2.05, 4.69) is 4.98 Å². The molecule has 0 bridgehead atoms. The molecule has 2 aromatic rings. The van der Waals surface area contributed by atoms with E-state index < -0.39 is 0 Å². The normalized spacial score (nSPS) is 9.81. The first-order chi connectivity index (χ1) is 7.88. The molecule has 2 rings (SSSR count). The molecular formula is C13H13NO2. The Morgan fingerprint density at radius 2 is 1.75 bits per heavy atom. The van der Waals surface area contributed by atoms with Crippen LogP contribution < -0.4 is 9.47 Å². The number of aromatic nitrogens is 1. The quantitative estimate of drug-likeness (QED) is 0.784. The Hall–Kier alpha value is -2.03. The largest absolute Gasteiger partial charge is 0.494 e. The minimum atomic E-state index is 0.651. The van der Waals surface area contributed by atoms with Crippen molar-refractivity contribution in [2.24, 2.45) is 0 Å². The molecule has 0 aliphatic carbocycles. The Labute approximate surface area is 94.7 Å². The van der Waals surface area contributed by atoms with Gasteiger partial charge in [-0.3, -0.25) is 4.98 Å². The van der Waals surface area contributed by atoms with Crippen LogP contribution in [0.25, 0.3) is 0 Å². The standard InChI is InChI=1S/C13H13NO2/c1-2-15-12-4-3-5-13(10-12)16-11-6-8-14-9-7-11/h3-10H,2H2,1H3. The fraction of sp³-hybridized carbons (Fsp3) is 0.154. The predicted octanol–water partition coefficient (Wildman–Crippen LogP) is 3.27. The highest BCUT2D eigenvalue weighted by molar-refractivity contribution is 5.36. The fourth-order valence-electron chi connectivity index (χ4n) is 1.34. The summed E-state index contributed by atoms with van der Waals surface area (Å²) in [4.78, 5) is 3.93. The van der Waals surface area contributed by atoms with E-state index in [0.29, 0.717) is 6.61 Å². The summed E-state index contributed by atoms with van der Waals surface area (Å²) in [6.07, 6.45) is 3.39. The maximum Gasteiger partial charge on any atom is 0.131 e. The van der Waals surface area contributed by atoms with Crippen molar-refractivity contribution in [1.29, 1.82) is 0 Å². The highest BCUT2D eigenvalue weighted by Crippen LogP contribution is 2.24. The van der Waals surface area contributed by atoms with Crippen LogP contribution in [0.2, 0.25) is 0 Å². The van der Waals surface area contributed by atoms with Crippen LogP contribution in [0.15, 0.2) is 48.8 Å². The van der Waals surface area contributed by atoms with Gasteiger partial charge in [0.05, 0.1) is 6.61 Å². The van der Waals surface area contributed by atoms with E-state index in [0.717, 1.165) is 17.2 Å². The van der Waals surface area contributed by atoms with Gasteiger partial charge in [-0.25, -0.2) is 0 Å². The second kappa shape index (κ2) is 5.16. The summed E-state index contributed by atoms with van der Waals surface area (Å²) in [5.41, 5.74) is 0. The lowest BCUT2D eigenvalue weighted by Crippen LogP contribution is -1.91. The Morgan fingerprint density at radius 1 is 1.00 bits per heavy atom. The van der Waals surface area contributed by atoms with Crippen molar-refractivity contribution >= 4 is 0 Å². The topological polar surface area (TPSA) is 31.4 Å². The maximum atomic E-state index is 5.65. The lowest BCUT2D eigenvalue weighted by molar-refractivity contribution is 0.338.